The van der Waals surface area contributed by atoms with Crippen LogP contribution in [0.25, 0.3) is 11.3 Å². The van der Waals surface area contributed by atoms with E-state index in [0.29, 0.717) is 23.6 Å². The lowest BCUT2D eigenvalue weighted by molar-refractivity contribution is 0.0693. The fourth-order valence-corrected chi connectivity index (χ4v) is 3.17. The highest BCUT2D eigenvalue weighted by atomic mass is 35.5. The number of halogens is 1. The number of phenols is 1. The molecule has 0 fully saturated rings. The summed E-state index contributed by atoms with van der Waals surface area (Å²) in [5, 5.41) is 22.9. The number of aryl methyl sites for hydroxylation is 2. The fourth-order valence-electron chi connectivity index (χ4n) is 2.90. The van der Waals surface area contributed by atoms with Gasteiger partial charge in [-0.05, 0) is 31.2 Å². The standard InChI is InChI=1S/C19H18ClN3O5/c1-2-23-9-12(15(18(23)21)19(26)27)13(25)7-8-14-16(20)17(22-28-14)10-3-5-11(24)6-4-10/h3-6,9,24H,2,7-8,21H2,1H3,(H,26,27). The molecule has 2 aromatic heterocycles. The zero-order valence-electron chi connectivity index (χ0n) is 15.0. The molecule has 0 aliphatic rings. The number of aromatic nitrogens is 2. The number of anilines is 1. The van der Waals surface area contributed by atoms with E-state index in [9.17, 15) is 19.8 Å². The number of aromatic hydroxyl groups is 1. The number of nitrogens with two attached hydrogens (primary N) is 1. The lowest BCUT2D eigenvalue weighted by Gasteiger charge is -2.01. The maximum atomic E-state index is 12.6. The average Bonchev–Trinajstić information content (AvgIpc) is 3.20. The Balaban J connectivity index is 1.79. The Morgan fingerprint density at radius 3 is 2.57 bits per heavy atom. The lowest BCUT2D eigenvalue weighted by Crippen LogP contribution is -2.09. The van der Waals surface area contributed by atoms with Crippen LogP contribution in [-0.2, 0) is 13.0 Å². The molecule has 0 spiro atoms. The summed E-state index contributed by atoms with van der Waals surface area (Å²) in [7, 11) is 0. The average molecular weight is 404 g/mol. The number of hydrogen-bond donors (Lipinski definition) is 3. The molecule has 0 atom stereocenters. The van der Waals surface area contributed by atoms with E-state index in [4.69, 9.17) is 21.9 Å². The maximum absolute atomic E-state index is 12.6. The Bertz CT molecular complexity index is 1040. The van der Waals surface area contributed by atoms with E-state index < -0.39 is 5.97 Å². The monoisotopic (exact) mass is 403 g/mol. The molecule has 0 aliphatic heterocycles. The van der Waals surface area contributed by atoms with Crippen molar-refractivity contribution >= 4 is 29.2 Å². The summed E-state index contributed by atoms with van der Waals surface area (Å²) in [5.41, 5.74) is 6.75. The third-order valence-corrected chi connectivity index (χ3v) is 4.78. The number of phenolic OH excluding ortho intramolecular Hbond substituents is 1. The van der Waals surface area contributed by atoms with Gasteiger partial charge in [0.2, 0.25) is 0 Å². The smallest absolute Gasteiger partial charge is 0.340 e. The minimum Gasteiger partial charge on any atom is -0.508 e. The van der Waals surface area contributed by atoms with Gasteiger partial charge in [-0.25, -0.2) is 4.79 Å². The first-order valence-electron chi connectivity index (χ1n) is 8.52. The Morgan fingerprint density at radius 2 is 1.96 bits per heavy atom. The molecule has 9 heteroatoms. The number of carbonyl (C=O) groups excluding carboxylic acids is 1. The number of carbonyl (C=O) groups is 2. The molecule has 146 valence electrons. The van der Waals surface area contributed by atoms with Crippen LogP contribution in [-0.4, -0.2) is 31.7 Å². The molecule has 0 amide bonds. The Hall–Kier alpha value is -3.26. The minimum absolute atomic E-state index is 0.0165. The molecule has 8 nitrogen and oxygen atoms in total. The van der Waals surface area contributed by atoms with Crippen LogP contribution in [0.4, 0.5) is 5.82 Å². The highest BCUT2D eigenvalue weighted by molar-refractivity contribution is 6.33. The van der Waals surface area contributed by atoms with Gasteiger partial charge in [0.1, 0.15) is 27.8 Å². The molecule has 28 heavy (non-hydrogen) atoms. The van der Waals surface area contributed by atoms with Crippen molar-refractivity contribution in [1.29, 1.82) is 0 Å². The summed E-state index contributed by atoms with van der Waals surface area (Å²) in [6.45, 7) is 2.25. The summed E-state index contributed by atoms with van der Waals surface area (Å²) < 4.78 is 6.77. The molecule has 0 saturated heterocycles. The van der Waals surface area contributed by atoms with Crippen LogP contribution in [0.3, 0.4) is 0 Å². The summed E-state index contributed by atoms with van der Waals surface area (Å²) >= 11 is 6.31. The number of ketones is 1. The van der Waals surface area contributed by atoms with Crippen LogP contribution >= 0.6 is 11.6 Å². The zero-order chi connectivity index (χ0) is 20.4. The summed E-state index contributed by atoms with van der Waals surface area (Å²) in [6.07, 6.45) is 1.58. The van der Waals surface area contributed by atoms with Crippen molar-refractivity contribution in [2.45, 2.75) is 26.3 Å². The van der Waals surface area contributed by atoms with E-state index in [0.717, 1.165) is 0 Å². The molecule has 0 unspecified atom stereocenters. The van der Waals surface area contributed by atoms with E-state index in [-0.39, 0.29) is 46.3 Å². The predicted octanol–water partition coefficient (Wildman–Crippen LogP) is 3.62. The highest BCUT2D eigenvalue weighted by Gasteiger charge is 2.25. The number of aromatic carboxylic acids is 1. The molecule has 0 saturated carbocycles. The summed E-state index contributed by atoms with van der Waals surface area (Å²) in [5.74, 6) is -1.15. The van der Waals surface area contributed by atoms with Gasteiger partial charge in [-0.3, -0.25) is 4.79 Å². The second kappa shape index (κ2) is 7.77. The van der Waals surface area contributed by atoms with Gasteiger partial charge in [-0.15, -0.1) is 0 Å². The number of benzene rings is 1. The number of carboxylic acid groups (broad SMARTS) is 1. The first kappa shape index (κ1) is 19.5. The summed E-state index contributed by atoms with van der Waals surface area (Å²) in [4.78, 5) is 24.1. The second-order valence-corrected chi connectivity index (χ2v) is 6.51. The van der Waals surface area contributed by atoms with Crippen molar-refractivity contribution in [2.75, 3.05) is 5.73 Å². The quantitative estimate of drug-likeness (QED) is 0.513. The molecule has 3 rings (SSSR count). The van der Waals surface area contributed by atoms with E-state index >= 15 is 0 Å². The van der Waals surface area contributed by atoms with Gasteiger partial charge in [-0.2, -0.15) is 0 Å². The van der Waals surface area contributed by atoms with E-state index in [1.807, 2.05) is 0 Å². The molecule has 3 aromatic rings. The van der Waals surface area contributed by atoms with Gasteiger partial charge in [-0.1, -0.05) is 16.8 Å². The molecule has 4 N–H and O–H groups in total. The van der Waals surface area contributed by atoms with Crippen LogP contribution in [0.5, 0.6) is 5.75 Å². The topological polar surface area (TPSA) is 132 Å². The van der Waals surface area contributed by atoms with Gasteiger partial charge in [0.05, 0.1) is 5.56 Å². The SMILES string of the molecule is CCn1cc(C(=O)CCc2onc(-c3ccc(O)cc3)c2Cl)c(C(=O)O)c1N. The number of carboxylic acids is 1. The van der Waals surface area contributed by atoms with Gasteiger partial charge in [0, 0.05) is 31.1 Å². The number of nitrogen functional groups attached to an aromatic ring is 1. The van der Waals surface area contributed by atoms with Crippen molar-refractivity contribution in [3.8, 4) is 17.0 Å². The lowest BCUT2D eigenvalue weighted by atomic mass is 10.0. The third-order valence-electron chi connectivity index (χ3n) is 4.39. The minimum atomic E-state index is -1.25. The van der Waals surface area contributed by atoms with Crippen molar-refractivity contribution < 1.29 is 24.3 Å². The van der Waals surface area contributed by atoms with Crippen molar-refractivity contribution in [2.24, 2.45) is 0 Å². The van der Waals surface area contributed by atoms with Crippen LogP contribution in [0.15, 0.2) is 35.0 Å². The van der Waals surface area contributed by atoms with Crippen molar-refractivity contribution in [3.05, 3.63) is 52.4 Å². The van der Waals surface area contributed by atoms with Crippen molar-refractivity contribution in [1.82, 2.24) is 9.72 Å². The number of hydrogen-bond acceptors (Lipinski definition) is 6. The van der Waals surface area contributed by atoms with E-state index in [2.05, 4.69) is 5.16 Å². The molecule has 0 bridgehead atoms. The Morgan fingerprint density at radius 1 is 1.29 bits per heavy atom. The van der Waals surface area contributed by atoms with Gasteiger partial charge in [0.15, 0.2) is 11.5 Å². The van der Waals surface area contributed by atoms with Crippen LogP contribution in [0.2, 0.25) is 5.02 Å². The van der Waals surface area contributed by atoms with Gasteiger partial charge < -0.3 is 25.0 Å². The highest BCUT2D eigenvalue weighted by Crippen LogP contribution is 2.32. The Labute approximate surface area is 165 Å². The molecule has 1 aromatic carbocycles. The molecule has 0 aliphatic carbocycles. The van der Waals surface area contributed by atoms with Gasteiger partial charge in [0.25, 0.3) is 0 Å². The first-order valence-corrected chi connectivity index (χ1v) is 8.89. The summed E-state index contributed by atoms with van der Waals surface area (Å²) in [6, 6.07) is 6.28. The molecular formula is C19H18ClN3O5. The third kappa shape index (κ3) is 3.59. The van der Waals surface area contributed by atoms with Crippen LogP contribution in [0.1, 0.15) is 39.8 Å². The van der Waals surface area contributed by atoms with Crippen LogP contribution in [0, 0.1) is 0 Å². The largest absolute Gasteiger partial charge is 0.508 e. The van der Waals surface area contributed by atoms with E-state index in [1.165, 1.54) is 22.9 Å². The molecular weight excluding hydrogens is 386 g/mol. The number of Topliss-reactive ketones (excluding diaryl/α,β-unsaturated/α-hetero) is 1. The Kier molecular flexibility index (Phi) is 5.41. The van der Waals surface area contributed by atoms with Crippen molar-refractivity contribution in [3.63, 3.8) is 0 Å². The number of rotatable bonds is 7. The van der Waals surface area contributed by atoms with Gasteiger partial charge >= 0.3 is 5.97 Å². The zero-order valence-corrected chi connectivity index (χ0v) is 15.7. The fraction of sp³-hybridized carbons (Fsp3) is 0.211. The van der Waals surface area contributed by atoms with E-state index in [1.54, 1.807) is 19.1 Å². The van der Waals surface area contributed by atoms with Crippen LogP contribution < -0.4 is 5.73 Å². The first-order chi connectivity index (χ1) is 13.3. The molecule has 0 radical (unpaired) electrons. The normalized spacial score (nSPS) is 10.9. The predicted molar refractivity (Wildman–Crippen MR) is 103 cm³/mol. The molecule has 2 heterocycles. The number of nitrogens with zero attached hydrogens (tertiary/aromatic N) is 2. The second-order valence-electron chi connectivity index (χ2n) is 6.13. The maximum Gasteiger partial charge on any atom is 0.340 e.